The van der Waals surface area contributed by atoms with Crippen molar-refractivity contribution in [2.75, 3.05) is 12.8 Å². The molecular weight excluding hydrogens is 208 g/mol. The van der Waals surface area contributed by atoms with Crippen LogP contribution in [0.5, 0.6) is 0 Å². The molecule has 2 aromatic heterocycles. The number of hydrogen-bond acceptors (Lipinski definition) is 4. The third-order valence-electron chi connectivity index (χ3n) is 2.39. The average Bonchev–Trinajstić information content (AvgIpc) is 2.83. The molecule has 16 heavy (non-hydrogen) atoms. The molecular formula is C10H12N4O2. The minimum atomic E-state index is -0.374. The number of hydrogen-bond donors (Lipinski definition) is 2. The van der Waals surface area contributed by atoms with Gasteiger partial charge in [0.1, 0.15) is 5.69 Å². The molecule has 0 atom stereocenters. The van der Waals surface area contributed by atoms with E-state index in [1.165, 1.54) is 7.11 Å². The van der Waals surface area contributed by atoms with Crippen LogP contribution in [0.25, 0.3) is 11.4 Å². The van der Waals surface area contributed by atoms with E-state index in [1.54, 1.807) is 29.9 Å². The van der Waals surface area contributed by atoms with Crippen molar-refractivity contribution in [2.24, 2.45) is 7.05 Å². The number of nitrogens with two attached hydrogens (primary N) is 1. The van der Waals surface area contributed by atoms with Crippen molar-refractivity contribution in [1.29, 1.82) is 0 Å². The number of H-pyrrole nitrogens is 1. The van der Waals surface area contributed by atoms with E-state index in [0.717, 1.165) is 11.4 Å². The summed E-state index contributed by atoms with van der Waals surface area (Å²) in [6.45, 7) is 0. The molecule has 0 aromatic carbocycles. The van der Waals surface area contributed by atoms with Gasteiger partial charge in [0.15, 0.2) is 5.95 Å². The highest BCUT2D eigenvalue weighted by molar-refractivity contribution is 5.89. The Morgan fingerprint density at radius 1 is 1.56 bits per heavy atom. The molecule has 0 aliphatic heterocycles. The van der Waals surface area contributed by atoms with Gasteiger partial charge in [0.25, 0.3) is 0 Å². The van der Waals surface area contributed by atoms with Gasteiger partial charge < -0.3 is 20.0 Å². The number of nitrogens with zero attached hydrogens (tertiary/aromatic N) is 2. The maximum absolute atomic E-state index is 11.4. The first-order valence-electron chi connectivity index (χ1n) is 4.68. The first-order valence-corrected chi connectivity index (χ1v) is 4.68. The molecule has 2 rings (SSSR count). The largest absolute Gasteiger partial charge is 0.464 e. The van der Waals surface area contributed by atoms with Crippen molar-refractivity contribution < 1.29 is 9.53 Å². The Labute approximate surface area is 92.0 Å². The van der Waals surface area contributed by atoms with Crippen LogP contribution in [0.3, 0.4) is 0 Å². The normalized spacial score (nSPS) is 10.4. The van der Waals surface area contributed by atoms with E-state index < -0.39 is 0 Å². The Balaban J connectivity index is 2.44. The van der Waals surface area contributed by atoms with Gasteiger partial charge in [0, 0.05) is 7.05 Å². The van der Waals surface area contributed by atoms with Crippen LogP contribution in [0, 0.1) is 0 Å². The summed E-state index contributed by atoms with van der Waals surface area (Å²) in [4.78, 5) is 18.2. The number of imidazole rings is 1. The number of carbonyl (C=O) groups is 1. The summed E-state index contributed by atoms with van der Waals surface area (Å²) in [5.41, 5.74) is 7.55. The number of rotatable bonds is 2. The molecule has 0 saturated heterocycles. The maximum atomic E-state index is 11.4. The van der Waals surface area contributed by atoms with Crippen molar-refractivity contribution in [3.8, 4) is 11.4 Å². The van der Waals surface area contributed by atoms with Gasteiger partial charge in [-0.1, -0.05) is 0 Å². The summed E-state index contributed by atoms with van der Waals surface area (Å²) < 4.78 is 6.38. The Morgan fingerprint density at radius 2 is 2.31 bits per heavy atom. The molecule has 0 fully saturated rings. The lowest BCUT2D eigenvalue weighted by Crippen LogP contribution is -2.08. The molecule has 6 nitrogen and oxygen atoms in total. The first kappa shape index (κ1) is 10.3. The molecule has 2 heterocycles. The number of anilines is 1. The van der Waals surface area contributed by atoms with Gasteiger partial charge in [-0.05, 0) is 12.1 Å². The molecule has 84 valence electrons. The number of nitrogens with one attached hydrogen (secondary N) is 1. The van der Waals surface area contributed by atoms with Gasteiger partial charge in [-0.2, -0.15) is 0 Å². The van der Waals surface area contributed by atoms with Crippen LogP contribution in [-0.2, 0) is 11.8 Å². The van der Waals surface area contributed by atoms with E-state index in [1.807, 2.05) is 0 Å². The predicted molar refractivity (Wildman–Crippen MR) is 58.7 cm³/mol. The van der Waals surface area contributed by atoms with Gasteiger partial charge in [-0.25, -0.2) is 9.78 Å². The first-order chi connectivity index (χ1) is 7.63. The minimum Gasteiger partial charge on any atom is -0.464 e. The lowest BCUT2D eigenvalue weighted by atomic mass is 10.3. The standard InChI is InChI=1S/C10H12N4O2/c1-14-7(6-5-12-10(11)13-6)3-4-8(14)9(15)16-2/h3-5H,1-2H3,(H3,11,12,13). The highest BCUT2D eigenvalue weighted by Crippen LogP contribution is 2.20. The summed E-state index contributed by atoms with van der Waals surface area (Å²) in [5, 5.41) is 0. The van der Waals surface area contributed by atoms with Crippen LogP contribution in [0.1, 0.15) is 10.5 Å². The Kier molecular flexibility index (Phi) is 2.40. The van der Waals surface area contributed by atoms with Gasteiger partial charge in [0.05, 0.1) is 24.7 Å². The van der Waals surface area contributed by atoms with E-state index in [2.05, 4.69) is 14.7 Å². The average molecular weight is 220 g/mol. The SMILES string of the molecule is COC(=O)c1ccc(-c2cnc(N)[nH]2)n1C. The van der Waals surface area contributed by atoms with Crippen LogP contribution in [0.15, 0.2) is 18.3 Å². The van der Waals surface area contributed by atoms with Gasteiger partial charge in [-0.3, -0.25) is 0 Å². The van der Waals surface area contributed by atoms with Gasteiger partial charge in [-0.15, -0.1) is 0 Å². The van der Waals surface area contributed by atoms with Gasteiger partial charge in [0.2, 0.25) is 0 Å². The van der Waals surface area contributed by atoms with Crippen molar-refractivity contribution in [3.05, 3.63) is 24.0 Å². The summed E-state index contributed by atoms with van der Waals surface area (Å²) in [5.74, 6) is -0.0305. The number of esters is 1. The molecule has 0 unspecified atom stereocenters. The van der Waals surface area contributed by atoms with E-state index in [0.29, 0.717) is 11.6 Å². The highest BCUT2D eigenvalue weighted by Gasteiger charge is 2.14. The Bertz CT molecular complexity index is 527. The lowest BCUT2D eigenvalue weighted by Gasteiger charge is -2.04. The smallest absolute Gasteiger partial charge is 0.354 e. The number of aromatic amines is 1. The van der Waals surface area contributed by atoms with Crippen molar-refractivity contribution in [3.63, 3.8) is 0 Å². The predicted octanol–water partition coefficient (Wildman–Crippen LogP) is 0.784. The van der Waals surface area contributed by atoms with E-state index in [-0.39, 0.29) is 5.97 Å². The van der Waals surface area contributed by atoms with Crippen LogP contribution in [0.4, 0.5) is 5.95 Å². The van der Waals surface area contributed by atoms with Crippen LogP contribution in [-0.4, -0.2) is 27.6 Å². The summed E-state index contributed by atoms with van der Waals surface area (Å²) in [6, 6.07) is 3.50. The second kappa shape index (κ2) is 3.73. The zero-order valence-corrected chi connectivity index (χ0v) is 9.02. The Hall–Kier alpha value is -2.24. The van der Waals surface area contributed by atoms with Crippen LogP contribution in [0.2, 0.25) is 0 Å². The number of nitrogen functional groups attached to an aromatic ring is 1. The van der Waals surface area contributed by atoms with Gasteiger partial charge >= 0.3 is 5.97 Å². The highest BCUT2D eigenvalue weighted by atomic mass is 16.5. The van der Waals surface area contributed by atoms with Crippen molar-refractivity contribution in [1.82, 2.24) is 14.5 Å². The van der Waals surface area contributed by atoms with E-state index in [4.69, 9.17) is 5.73 Å². The van der Waals surface area contributed by atoms with E-state index in [9.17, 15) is 4.79 Å². The summed E-state index contributed by atoms with van der Waals surface area (Å²) in [7, 11) is 3.13. The molecule has 0 bridgehead atoms. The number of methoxy groups -OCH3 is 1. The molecule has 0 saturated carbocycles. The number of aromatic nitrogens is 3. The minimum absolute atomic E-state index is 0.343. The summed E-state index contributed by atoms with van der Waals surface area (Å²) >= 11 is 0. The molecule has 0 aliphatic rings. The van der Waals surface area contributed by atoms with Crippen LogP contribution < -0.4 is 5.73 Å². The third kappa shape index (κ3) is 1.54. The number of ether oxygens (including phenoxy) is 1. The monoisotopic (exact) mass is 220 g/mol. The Morgan fingerprint density at radius 3 is 2.88 bits per heavy atom. The fourth-order valence-electron chi connectivity index (χ4n) is 1.56. The molecule has 0 aliphatic carbocycles. The molecule has 0 spiro atoms. The van der Waals surface area contributed by atoms with E-state index >= 15 is 0 Å². The van der Waals surface area contributed by atoms with Crippen molar-refractivity contribution >= 4 is 11.9 Å². The second-order valence-electron chi connectivity index (χ2n) is 3.34. The number of carbonyl (C=O) groups excluding carboxylic acids is 1. The van der Waals surface area contributed by atoms with Crippen molar-refractivity contribution in [2.45, 2.75) is 0 Å². The fraction of sp³-hybridized carbons (Fsp3) is 0.200. The zero-order chi connectivity index (χ0) is 11.7. The second-order valence-corrected chi connectivity index (χ2v) is 3.34. The topological polar surface area (TPSA) is 85.9 Å². The maximum Gasteiger partial charge on any atom is 0.354 e. The van der Waals surface area contributed by atoms with Crippen LogP contribution >= 0.6 is 0 Å². The molecule has 3 N–H and O–H groups in total. The fourth-order valence-corrected chi connectivity index (χ4v) is 1.56. The molecule has 6 heteroatoms. The summed E-state index contributed by atoms with van der Waals surface area (Å²) in [6.07, 6.45) is 1.62. The molecule has 0 amide bonds. The molecule has 2 aromatic rings. The lowest BCUT2D eigenvalue weighted by molar-refractivity contribution is 0.0590. The molecule has 0 radical (unpaired) electrons. The zero-order valence-electron chi connectivity index (χ0n) is 9.02. The quantitative estimate of drug-likeness (QED) is 0.732. The third-order valence-corrected chi connectivity index (χ3v) is 2.39.